The van der Waals surface area contributed by atoms with E-state index in [0.29, 0.717) is 23.3 Å². The molecule has 0 radical (unpaired) electrons. The zero-order chi connectivity index (χ0) is 25.8. The Morgan fingerprint density at radius 2 is 1.61 bits per heavy atom. The van der Waals surface area contributed by atoms with Gasteiger partial charge in [0.15, 0.2) is 11.5 Å². The van der Waals surface area contributed by atoms with Gasteiger partial charge in [-0.05, 0) is 56.0 Å². The minimum atomic E-state index is -0.542. The van der Waals surface area contributed by atoms with E-state index in [1.165, 1.54) is 7.11 Å². The Balaban J connectivity index is 2.14. The maximum Gasteiger partial charge on any atom is 0.356 e. The zero-order valence-electron chi connectivity index (χ0n) is 21.2. The summed E-state index contributed by atoms with van der Waals surface area (Å²) in [6, 6.07) is 20.0. The Morgan fingerprint density at radius 3 is 2.11 bits per heavy atom. The summed E-state index contributed by atoms with van der Waals surface area (Å²) in [6.07, 6.45) is 2.34. The largest absolute Gasteiger partial charge is 0.504 e. The lowest BCUT2D eigenvalue weighted by atomic mass is 9.83. The van der Waals surface area contributed by atoms with Gasteiger partial charge in [-0.3, -0.25) is 0 Å². The number of rotatable bonds is 8. The van der Waals surface area contributed by atoms with Gasteiger partial charge in [0.1, 0.15) is 5.69 Å². The van der Waals surface area contributed by atoms with Gasteiger partial charge in [-0.1, -0.05) is 65.7 Å². The van der Waals surface area contributed by atoms with Crippen LogP contribution in [0.3, 0.4) is 0 Å². The Morgan fingerprint density at radius 1 is 1.03 bits per heavy atom. The van der Waals surface area contributed by atoms with Gasteiger partial charge in [0.2, 0.25) is 0 Å². The van der Waals surface area contributed by atoms with Gasteiger partial charge in [-0.2, -0.15) is 0 Å². The molecule has 0 amide bonds. The number of carbonyl (C=O) groups is 1. The van der Waals surface area contributed by atoms with Crippen LogP contribution in [0, 0.1) is 13.8 Å². The van der Waals surface area contributed by atoms with Gasteiger partial charge in [0, 0.05) is 10.8 Å². The molecule has 3 aromatic carbocycles. The van der Waals surface area contributed by atoms with E-state index in [4.69, 9.17) is 14.5 Å². The molecule has 0 atom stereocenters. The number of phenols is 1. The number of benzene rings is 3. The van der Waals surface area contributed by atoms with Gasteiger partial charge in [-0.15, -0.1) is 6.58 Å². The summed E-state index contributed by atoms with van der Waals surface area (Å²) in [5.41, 5.74) is 6.05. The van der Waals surface area contributed by atoms with Crippen LogP contribution in [0.5, 0.6) is 11.5 Å². The highest BCUT2D eigenvalue weighted by Crippen LogP contribution is 2.43. The first-order valence-corrected chi connectivity index (χ1v) is 12.0. The number of fused-ring (bicyclic) bond motifs is 1. The smallest absolute Gasteiger partial charge is 0.356 e. The molecule has 0 saturated carbocycles. The normalized spacial score (nSPS) is 11.0. The molecule has 1 aromatic heterocycles. The fraction of sp³-hybridized carbons (Fsp3) is 0.226. The number of esters is 1. The lowest BCUT2D eigenvalue weighted by Gasteiger charge is -2.23. The van der Waals surface area contributed by atoms with Crippen molar-refractivity contribution in [3.8, 4) is 11.5 Å². The number of pyridine rings is 1. The van der Waals surface area contributed by atoms with Crippen LogP contribution in [0.1, 0.15) is 56.8 Å². The number of methoxy groups -OCH3 is 1. The van der Waals surface area contributed by atoms with E-state index in [1.54, 1.807) is 19.1 Å². The molecule has 0 aliphatic carbocycles. The van der Waals surface area contributed by atoms with Crippen molar-refractivity contribution in [2.24, 2.45) is 0 Å². The summed E-state index contributed by atoms with van der Waals surface area (Å²) in [5, 5.41) is 12.4. The minimum Gasteiger partial charge on any atom is -0.504 e. The molecule has 1 N–H and O–H groups in total. The van der Waals surface area contributed by atoms with E-state index in [2.05, 4.69) is 55.1 Å². The standard InChI is InChI=1S/C31H31NO4/c1-6-8-23-17-26(35-5)30(33)24-18-25(31(34)36-7-2)32-29(28(23)24)27(21-13-9-19(3)10-14-21)22-15-11-20(4)12-16-22/h6,9-18,27,33H,1,7-8H2,2-5H3. The van der Waals surface area contributed by atoms with Crippen LogP contribution in [0.25, 0.3) is 10.8 Å². The molecule has 4 aromatic rings. The molecule has 0 fully saturated rings. The van der Waals surface area contributed by atoms with E-state index in [-0.39, 0.29) is 24.0 Å². The van der Waals surface area contributed by atoms with E-state index >= 15 is 0 Å². The first-order valence-electron chi connectivity index (χ1n) is 12.0. The summed E-state index contributed by atoms with van der Waals surface area (Å²) in [4.78, 5) is 17.8. The average molecular weight is 482 g/mol. The van der Waals surface area contributed by atoms with Crippen LogP contribution in [0.15, 0.2) is 73.3 Å². The lowest BCUT2D eigenvalue weighted by molar-refractivity contribution is 0.0519. The molecule has 5 nitrogen and oxygen atoms in total. The highest BCUT2D eigenvalue weighted by molar-refractivity contribution is 6.00. The average Bonchev–Trinajstić information content (AvgIpc) is 2.88. The number of aromatic nitrogens is 1. The molecule has 0 bridgehead atoms. The van der Waals surface area contributed by atoms with Crippen LogP contribution in [0.2, 0.25) is 0 Å². The maximum atomic E-state index is 12.9. The fourth-order valence-corrected chi connectivity index (χ4v) is 4.54. The van der Waals surface area contributed by atoms with Crippen molar-refractivity contribution >= 4 is 16.7 Å². The quantitative estimate of drug-likeness (QED) is 0.225. The minimum absolute atomic E-state index is 0.0407. The van der Waals surface area contributed by atoms with Crippen LogP contribution >= 0.6 is 0 Å². The summed E-state index contributed by atoms with van der Waals surface area (Å²) in [5.74, 6) is -0.547. The Kier molecular flexibility index (Phi) is 7.39. The fourth-order valence-electron chi connectivity index (χ4n) is 4.54. The highest BCUT2D eigenvalue weighted by atomic mass is 16.5. The van der Waals surface area contributed by atoms with Gasteiger partial charge >= 0.3 is 5.97 Å². The third-order valence-corrected chi connectivity index (χ3v) is 6.33. The molecule has 4 rings (SSSR count). The monoisotopic (exact) mass is 481 g/mol. The van der Waals surface area contributed by atoms with Crippen LogP contribution in [0.4, 0.5) is 0 Å². The molecule has 5 heteroatoms. The number of nitrogens with zero attached hydrogens (tertiary/aromatic N) is 1. The Bertz CT molecular complexity index is 1360. The van der Waals surface area contributed by atoms with Crippen LogP contribution < -0.4 is 4.74 Å². The van der Waals surface area contributed by atoms with Crippen LogP contribution in [-0.4, -0.2) is 29.8 Å². The molecule has 36 heavy (non-hydrogen) atoms. The maximum absolute atomic E-state index is 12.9. The predicted molar refractivity (Wildman–Crippen MR) is 143 cm³/mol. The summed E-state index contributed by atoms with van der Waals surface area (Å²) in [6.45, 7) is 9.99. The first-order chi connectivity index (χ1) is 17.4. The number of hydrogen-bond donors (Lipinski definition) is 1. The molecule has 0 spiro atoms. The van der Waals surface area contributed by atoms with Crippen molar-refractivity contribution in [2.45, 2.75) is 33.1 Å². The molecule has 184 valence electrons. The van der Waals surface area contributed by atoms with Crippen molar-refractivity contribution in [2.75, 3.05) is 13.7 Å². The second-order valence-electron chi connectivity index (χ2n) is 8.87. The third kappa shape index (κ3) is 4.82. The molecule has 0 aliphatic heterocycles. The van der Waals surface area contributed by atoms with Gasteiger partial charge in [0.25, 0.3) is 0 Å². The van der Waals surface area contributed by atoms with Crippen molar-refractivity contribution in [1.82, 2.24) is 4.98 Å². The van der Waals surface area contributed by atoms with E-state index in [1.807, 2.05) is 19.9 Å². The number of hydrogen-bond acceptors (Lipinski definition) is 5. The SMILES string of the molecule is C=CCc1cc(OC)c(O)c2cc(C(=O)OCC)nc(C(c3ccc(C)cc3)c3ccc(C)cc3)c12. The van der Waals surface area contributed by atoms with Gasteiger partial charge in [0.05, 0.1) is 25.3 Å². The topological polar surface area (TPSA) is 68.7 Å². The van der Waals surface area contributed by atoms with Crippen molar-refractivity contribution in [1.29, 1.82) is 0 Å². The highest BCUT2D eigenvalue weighted by Gasteiger charge is 2.27. The van der Waals surface area contributed by atoms with Crippen molar-refractivity contribution < 1.29 is 19.4 Å². The van der Waals surface area contributed by atoms with Gasteiger partial charge in [-0.25, -0.2) is 9.78 Å². The number of aryl methyl sites for hydroxylation is 2. The first kappa shape index (κ1) is 25.0. The summed E-state index contributed by atoms with van der Waals surface area (Å²) < 4.78 is 10.8. The second kappa shape index (κ2) is 10.6. The predicted octanol–water partition coefficient (Wildman–Crippen LogP) is 6.65. The number of aromatic hydroxyl groups is 1. The summed E-state index contributed by atoms with van der Waals surface area (Å²) >= 11 is 0. The van der Waals surface area contributed by atoms with E-state index < -0.39 is 5.97 Å². The van der Waals surface area contributed by atoms with Crippen LogP contribution in [-0.2, 0) is 11.2 Å². The van der Waals surface area contributed by atoms with E-state index in [0.717, 1.165) is 33.2 Å². The molecular weight excluding hydrogens is 450 g/mol. The van der Waals surface area contributed by atoms with Crippen molar-refractivity contribution in [3.63, 3.8) is 0 Å². The molecule has 0 unspecified atom stereocenters. The molecule has 1 heterocycles. The zero-order valence-corrected chi connectivity index (χ0v) is 21.2. The molecule has 0 saturated heterocycles. The van der Waals surface area contributed by atoms with E-state index in [9.17, 15) is 9.90 Å². The van der Waals surface area contributed by atoms with Crippen molar-refractivity contribution in [3.05, 3.63) is 113 Å². The third-order valence-electron chi connectivity index (χ3n) is 6.33. The summed E-state index contributed by atoms with van der Waals surface area (Å²) in [7, 11) is 1.51. The second-order valence-corrected chi connectivity index (χ2v) is 8.87. The number of phenolic OH excluding ortho intramolecular Hbond substituents is 1. The Hall–Kier alpha value is -4.12. The lowest BCUT2D eigenvalue weighted by Crippen LogP contribution is -2.13. The number of allylic oxidation sites excluding steroid dienone is 1. The number of carbonyl (C=O) groups excluding carboxylic acids is 1. The van der Waals surface area contributed by atoms with Gasteiger partial charge < -0.3 is 14.6 Å². The number of ether oxygens (including phenoxy) is 2. The molecular formula is C31H31NO4. The molecule has 0 aliphatic rings. The Labute approximate surface area is 212 Å².